The molecule has 0 spiro atoms. The molecular formula is C33H52N2O2. The second-order valence-electron chi connectivity index (χ2n) is 11.8. The molecule has 3 aliphatic rings. The van der Waals surface area contributed by atoms with E-state index < -0.39 is 0 Å². The Morgan fingerprint density at radius 2 is 1.73 bits per heavy atom. The van der Waals surface area contributed by atoms with Crippen LogP contribution in [-0.4, -0.2) is 22.7 Å². The van der Waals surface area contributed by atoms with Gasteiger partial charge in [-0.05, 0) is 62.4 Å². The lowest BCUT2D eigenvalue weighted by Gasteiger charge is -2.31. The van der Waals surface area contributed by atoms with Gasteiger partial charge < -0.3 is 9.47 Å². The smallest absolute Gasteiger partial charge is 0.261 e. The summed E-state index contributed by atoms with van der Waals surface area (Å²) in [6.07, 6.45) is 34.3. The third-order valence-electron chi connectivity index (χ3n) is 8.52. The van der Waals surface area contributed by atoms with Crippen molar-refractivity contribution in [3.8, 4) is 11.6 Å². The van der Waals surface area contributed by atoms with Gasteiger partial charge in [0.15, 0.2) is 11.6 Å². The van der Waals surface area contributed by atoms with Gasteiger partial charge in [-0.15, -0.1) is 0 Å². The highest BCUT2D eigenvalue weighted by Gasteiger charge is 2.27. The van der Waals surface area contributed by atoms with Crippen LogP contribution in [-0.2, 0) is 0 Å². The number of allylic oxidation sites excluding steroid dienone is 4. The highest BCUT2D eigenvalue weighted by atomic mass is 16.5. The van der Waals surface area contributed by atoms with Crippen LogP contribution in [0.1, 0.15) is 141 Å². The molecule has 2 saturated carbocycles. The zero-order chi connectivity index (χ0) is 25.5. The predicted molar refractivity (Wildman–Crippen MR) is 154 cm³/mol. The van der Waals surface area contributed by atoms with Crippen LogP contribution in [0.3, 0.4) is 0 Å². The molecule has 0 saturated heterocycles. The van der Waals surface area contributed by atoms with E-state index in [0.29, 0.717) is 11.8 Å². The molecule has 37 heavy (non-hydrogen) atoms. The van der Waals surface area contributed by atoms with Gasteiger partial charge in [0.2, 0.25) is 0 Å². The molecule has 0 radical (unpaired) electrons. The number of rotatable bonds is 18. The van der Waals surface area contributed by atoms with Crippen molar-refractivity contribution in [2.24, 2.45) is 11.8 Å². The Morgan fingerprint density at radius 1 is 0.919 bits per heavy atom. The van der Waals surface area contributed by atoms with Crippen molar-refractivity contribution in [2.75, 3.05) is 6.61 Å². The molecule has 3 aliphatic carbocycles. The van der Waals surface area contributed by atoms with Gasteiger partial charge in [0, 0.05) is 0 Å². The first-order chi connectivity index (χ1) is 18.3. The third-order valence-corrected chi connectivity index (χ3v) is 8.52. The number of nitrogens with zero attached hydrogens (tertiary/aromatic N) is 2. The van der Waals surface area contributed by atoms with Crippen LogP contribution in [0, 0.1) is 11.8 Å². The van der Waals surface area contributed by atoms with Crippen molar-refractivity contribution in [1.29, 1.82) is 0 Å². The van der Waals surface area contributed by atoms with Crippen LogP contribution in [0.25, 0.3) is 5.57 Å². The zero-order valence-electron chi connectivity index (χ0n) is 23.6. The number of hydrogen-bond acceptors (Lipinski definition) is 4. The van der Waals surface area contributed by atoms with Crippen LogP contribution < -0.4 is 9.47 Å². The van der Waals surface area contributed by atoms with Crippen LogP contribution >= 0.6 is 0 Å². The molecule has 1 heterocycles. The Balaban J connectivity index is 1.34. The van der Waals surface area contributed by atoms with Crippen molar-refractivity contribution < 1.29 is 9.47 Å². The van der Waals surface area contributed by atoms with Crippen LogP contribution in [0.4, 0.5) is 0 Å². The second-order valence-corrected chi connectivity index (χ2v) is 11.8. The molecule has 206 valence electrons. The van der Waals surface area contributed by atoms with Crippen molar-refractivity contribution in [3.63, 3.8) is 0 Å². The van der Waals surface area contributed by atoms with Crippen molar-refractivity contribution in [2.45, 2.75) is 141 Å². The lowest BCUT2D eigenvalue weighted by molar-refractivity contribution is 0.0874. The van der Waals surface area contributed by atoms with Gasteiger partial charge in [0.05, 0.1) is 12.8 Å². The molecule has 0 N–H and O–H groups in total. The largest absolute Gasteiger partial charge is 0.487 e. The van der Waals surface area contributed by atoms with E-state index in [1.807, 2.05) is 6.20 Å². The quantitative estimate of drug-likeness (QED) is 0.185. The standard InChI is InChI=1S/C33H52N2O2/c1-2-3-10-22-30(28-18-12-8-13-19-28)37-33-31(26-34-32(35-33)29-20-14-9-15-21-29)36-25-16-7-5-4-6-11-17-27-23-24-27/h9,14,20,26-28,30H,2-8,10-13,15-19,21-25H2,1H3. The maximum atomic E-state index is 6.79. The van der Waals surface area contributed by atoms with E-state index >= 15 is 0 Å². The summed E-state index contributed by atoms with van der Waals surface area (Å²) in [7, 11) is 0. The Labute approximate surface area is 226 Å². The highest BCUT2D eigenvalue weighted by molar-refractivity contribution is 5.63. The van der Waals surface area contributed by atoms with E-state index in [2.05, 4.69) is 25.2 Å². The number of hydrogen-bond donors (Lipinski definition) is 0. The third kappa shape index (κ3) is 10.1. The van der Waals surface area contributed by atoms with Crippen molar-refractivity contribution in [3.05, 3.63) is 30.2 Å². The average Bonchev–Trinajstić information content (AvgIpc) is 3.78. The number of unbranched alkanes of at least 4 members (excludes halogenated alkanes) is 7. The van der Waals surface area contributed by atoms with Crippen LogP contribution in [0.5, 0.6) is 11.6 Å². The van der Waals surface area contributed by atoms with E-state index in [1.165, 1.54) is 108 Å². The molecule has 2 fully saturated rings. The molecule has 1 aromatic rings. The molecule has 4 rings (SSSR count). The summed E-state index contributed by atoms with van der Waals surface area (Å²) < 4.78 is 13.1. The summed E-state index contributed by atoms with van der Waals surface area (Å²) >= 11 is 0. The van der Waals surface area contributed by atoms with E-state index in [1.54, 1.807) is 0 Å². The normalized spacial score (nSPS) is 19.0. The SMILES string of the molecule is CCCCCC(Oc1nc(C2=CC=CCC2)ncc1OCCCCCCCCC1CC1)C1CCCCC1. The Bertz CT molecular complexity index is 839. The summed E-state index contributed by atoms with van der Waals surface area (Å²) in [6.45, 7) is 3.00. The van der Waals surface area contributed by atoms with Gasteiger partial charge >= 0.3 is 0 Å². The second kappa shape index (κ2) is 16.2. The van der Waals surface area contributed by atoms with E-state index in [4.69, 9.17) is 19.4 Å². The summed E-state index contributed by atoms with van der Waals surface area (Å²) in [5.41, 5.74) is 1.20. The van der Waals surface area contributed by atoms with Gasteiger partial charge in [0.1, 0.15) is 6.10 Å². The van der Waals surface area contributed by atoms with Crippen molar-refractivity contribution in [1.82, 2.24) is 9.97 Å². The molecule has 0 aliphatic heterocycles. The molecule has 0 bridgehead atoms. The molecule has 1 aromatic heterocycles. The fraction of sp³-hybridized carbons (Fsp3) is 0.758. The molecule has 1 atom stereocenters. The maximum Gasteiger partial charge on any atom is 0.261 e. The molecule has 0 amide bonds. The first kappa shape index (κ1) is 28.2. The average molecular weight is 509 g/mol. The Hall–Kier alpha value is -1.84. The van der Waals surface area contributed by atoms with E-state index in [9.17, 15) is 0 Å². The summed E-state index contributed by atoms with van der Waals surface area (Å²) in [5.74, 6) is 3.92. The minimum Gasteiger partial charge on any atom is -0.487 e. The molecule has 4 nitrogen and oxygen atoms in total. The minimum absolute atomic E-state index is 0.229. The summed E-state index contributed by atoms with van der Waals surface area (Å²) in [5, 5.41) is 0. The minimum atomic E-state index is 0.229. The fourth-order valence-electron chi connectivity index (χ4n) is 5.95. The topological polar surface area (TPSA) is 44.2 Å². The number of aromatic nitrogens is 2. The van der Waals surface area contributed by atoms with Gasteiger partial charge in [-0.1, -0.05) is 109 Å². The highest BCUT2D eigenvalue weighted by Crippen LogP contribution is 2.36. The Morgan fingerprint density at radius 3 is 2.49 bits per heavy atom. The molecule has 1 unspecified atom stereocenters. The van der Waals surface area contributed by atoms with E-state index in [0.717, 1.165) is 49.8 Å². The predicted octanol–water partition coefficient (Wildman–Crippen LogP) is 9.64. The first-order valence-electron chi connectivity index (χ1n) is 15.9. The van der Waals surface area contributed by atoms with Crippen LogP contribution in [0.15, 0.2) is 24.4 Å². The summed E-state index contributed by atoms with van der Waals surface area (Å²) in [6, 6.07) is 0. The molecular weight excluding hydrogens is 456 g/mol. The van der Waals surface area contributed by atoms with Crippen LogP contribution in [0.2, 0.25) is 0 Å². The van der Waals surface area contributed by atoms with Crippen molar-refractivity contribution >= 4 is 5.57 Å². The zero-order valence-corrected chi connectivity index (χ0v) is 23.6. The van der Waals surface area contributed by atoms with Gasteiger partial charge in [-0.3, -0.25) is 0 Å². The summed E-state index contributed by atoms with van der Waals surface area (Å²) in [4.78, 5) is 9.67. The van der Waals surface area contributed by atoms with Gasteiger partial charge in [0.25, 0.3) is 5.88 Å². The molecule has 0 aromatic carbocycles. The fourth-order valence-corrected chi connectivity index (χ4v) is 5.95. The Kier molecular flexibility index (Phi) is 12.3. The van der Waals surface area contributed by atoms with E-state index in [-0.39, 0.29) is 6.10 Å². The van der Waals surface area contributed by atoms with Gasteiger partial charge in [-0.25, -0.2) is 4.98 Å². The monoisotopic (exact) mass is 508 g/mol. The first-order valence-corrected chi connectivity index (χ1v) is 15.9. The lowest BCUT2D eigenvalue weighted by Crippen LogP contribution is -2.29. The lowest BCUT2D eigenvalue weighted by atomic mass is 9.83. The van der Waals surface area contributed by atoms with Gasteiger partial charge in [-0.2, -0.15) is 4.98 Å². The molecule has 4 heteroatoms. The number of ether oxygens (including phenoxy) is 2. The maximum absolute atomic E-state index is 6.79.